The number of nitrogens with one attached hydrogen (secondary N) is 1. The van der Waals surface area contributed by atoms with E-state index in [1.165, 1.54) is 31.4 Å². The van der Waals surface area contributed by atoms with Gasteiger partial charge in [0.15, 0.2) is 9.84 Å². The smallest absolute Gasteiger partial charge is 0.337 e. The van der Waals surface area contributed by atoms with E-state index in [1.807, 2.05) is 0 Å². The van der Waals surface area contributed by atoms with Crippen molar-refractivity contribution < 1.29 is 27.5 Å². The average Bonchev–Trinajstić information content (AvgIpc) is 2.75. The number of carbonyl (C=O) groups excluding carboxylic acids is 2. The van der Waals surface area contributed by atoms with Crippen LogP contribution in [0.15, 0.2) is 29.2 Å². The minimum Gasteiger partial charge on any atom is -0.465 e. The van der Waals surface area contributed by atoms with Crippen molar-refractivity contribution in [3.05, 3.63) is 46.0 Å². The molecule has 3 rings (SSSR count). The Kier molecular flexibility index (Phi) is 5.36. The van der Waals surface area contributed by atoms with Crippen LogP contribution in [-0.4, -0.2) is 27.4 Å². The summed E-state index contributed by atoms with van der Waals surface area (Å²) in [5.74, 6) is -0.957. The molecule has 0 bridgehead atoms. The lowest BCUT2D eigenvalue weighted by molar-refractivity contribution is -0.115. The second-order valence-electron chi connectivity index (χ2n) is 6.32. The van der Waals surface area contributed by atoms with Crippen molar-refractivity contribution in [1.82, 2.24) is 0 Å². The Labute approximate surface area is 167 Å². The highest BCUT2D eigenvalue weighted by atomic mass is 35.5. The highest BCUT2D eigenvalue weighted by Crippen LogP contribution is 2.44. The van der Waals surface area contributed by atoms with Gasteiger partial charge in [0.25, 0.3) is 0 Å². The Bertz CT molecular complexity index is 1090. The molecular weight excluding hydrogens is 406 g/mol. The number of rotatable bonds is 3. The summed E-state index contributed by atoms with van der Waals surface area (Å²) in [5.41, 5.74) is 1.26. The lowest BCUT2D eigenvalue weighted by Gasteiger charge is -2.14. The number of methoxy groups -OCH3 is 1. The lowest BCUT2D eigenvalue weighted by atomic mass is 10.1. The predicted molar refractivity (Wildman–Crippen MR) is 104 cm³/mol. The van der Waals surface area contributed by atoms with Gasteiger partial charge in [0.2, 0.25) is 5.91 Å². The second-order valence-corrected chi connectivity index (χ2v) is 8.69. The van der Waals surface area contributed by atoms with E-state index in [0.29, 0.717) is 16.8 Å². The van der Waals surface area contributed by atoms with Crippen molar-refractivity contribution in [2.75, 3.05) is 12.4 Å². The number of esters is 1. The molecule has 1 aliphatic heterocycles. The van der Waals surface area contributed by atoms with Crippen LogP contribution in [-0.2, 0) is 25.1 Å². The summed E-state index contributed by atoms with van der Waals surface area (Å²) in [6.45, 7) is 3.34. The Morgan fingerprint density at radius 1 is 1.21 bits per heavy atom. The van der Waals surface area contributed by atoms with E-state index in [2.05, 4.69) is 5.32 Å². The maximum Gasteiger partial charge on any atom is 0.337 e. The molecule has 0 aliphatic carbocycles. The number of sulfone groups is 1. The van der Waals surface area contributed by atoms with Gasteiger partial charge in [-0.15, -0.1) is 0 Å². The molecular formula is C19H18ClNO6S. The number of hydrogen-bond donors (Lipinski definition) is 1. The third-order valence-corrected chi connectivity index (χ3v) is 6.22. The highest BCUT2D eigenvalue weighted by molar-refractivity contribution is 7.90. The first-order valence-corrected chi connectivity index (χ1v) is 10.4. The van der Waals surface area contributed by atoms with Crippen LogP contribution in [0.25, 0.3) is 0 Å². The first-order valence-electron chi connectivity index (χ1n) is 8.42. The normalized spacial score (nSPS) is 14.1. The van der Waals surface area contributed by atoms with Crippen LogP contribution in [0.4, 0.5) is 5.69 Å². The van der Waals surface area contributed by atoms with Crippen molar-refractivity contribution in [3.63, 3.8) is 0 Å². The number of halogens is 1. The molecule has 1 heterocycles. The molecule has 148 valence electrons. The van der Waals surface area contributed by atoms with Crippen LogP contribution in [0.1, 0.15) is 34.8 Å². The molecule has 0 aromatic heterocycles. The summed E-state index contributed by atoms with van der Waals surface area (Å²) in [5, 5.41) is 2.83. The fourth-order valence-corrected chi connectivity index (χ4v) is 4.77. The van der Waals surface area contributed by atoms with E-state index < -0.39 is 21.6 Å². The minimum atomic E-state index is -3.85. The average molecular weight is 424 g/mol. The monoisotopic (exact) mass is 423 g/mol. The van der Waals surface area contributed by atoms with Gasteiger partial charge in [-0.3, -0.25) is 4.79 Å². The van der Waals surface area contributed by atoms with Gasteiger partial charge in [-0.05, 0) is 36.8 Å². The zero-order valence-corrected chi connectivity index (χ0v) is 17.0. The number of amides is 1. The van der Waals surface area contributed by atoms with Crippen LogP contribution in [0.5, 0.6) is 11.5 Å². The van der Waals surface area contributed by atoms with E-state index in [0.717, 1.165) is 0 Å². The summed E-state index contributed by atoms with van der Waals surface area (Å²) in [4.78, 5) is 23.4. The van der Waals surface area contributed by atoms with E-state index in [9.17, 15) is 18.0 Å². The zero-order chi connectivity index (χ0) is 20.6. The van der Waals surface area contributed by atoms with Crippen molar-refractivity contribution in [2.24, 2.45) is 0 Å². The number of anilines is 1. The molecule has 0 saturated heterocycles. The van der Waals surface area contributed by atoms with Crippen LogP contribution in [0, 0.1) is 6.92 Å². The van der Waals surface area contributed by atoms with Gasteiger partial charge < -0.3 is 14.8 Å². The highest BCUT2D eigenvalue weighted by Gasteiger charge is 2.31. The minimum absolute atomic E-state index is 0.110. The largest absolute Gasteiger partial charge is 0.465 e. The number of aryl methyl sites for hydroxylation is 1. The number of fused-ring (bicyclic) bond motifs is 2. The molecule has 0 fully saturated rings. The number of ether oxygens (including phenoxy) is 2. The number of benzene rings is 2. The van der Waals surface area contributed by atoms with Gasteiger partial charge in [-0.25, -0.2) is 13.2 Å². The summed E-state index contributed by atoms with van der Waals surface area (Å²) in [6, 6.07) is 5.76. The molecule has 1 amide bonds. The molecule has 2 aromatic rings. The Balaban J connectivity index is 2.16. The molecule has 0 atom stereocenters. The summed E-state index contributed by atoms with van der Waals surface area (Å²) >= 11 is 6.32. The molecule has 2 aromatic carbocycles. The summed E-state index contributed by atoms with van der Waals surface area (Å²) in [7, 11) is -2.63. The molecule has 9 heteroatoms. The molecule has 0 saturated carbocycles. The maximum atomic E-state index is 13.0. The molecule has 0 spiro atoms. The molecule has 7 nitrogen and oxygen atoms in total. The van der Waals surface area contributed by atoms with Crippen LogP contribution in [0.3, 0.4) is 0 Å². The van der Waals surface area contributed by atoms with E-state index in [4.69, 9.17) is 21.1 Å². The Morgan fingerprint density at radius 3 is 2.57 bits per heavy atom. The van der Waals surface area contributed by atoms with Crippen molar-refractivity contribution >= 4 is 39.0 Å². The third-order valence-electron chi connectivity index (χ3n) is 4.27. The van der Waals surface area contributed by atoms with Gasteiger partial charge >= 0.3 is 5.97 Å². The molecule has 28 heavy (non-hydrogen) atoms. The standard InChI is InChI=1S/C19H18ClNO6S/c1-4-16(22)21-13-6-12-9-28(24,25)15-7-11(19(23)26-3)5-10(2)17(15)27-18(12)14(20)8-13/h5-8H,4,9H2,1-3H3,(H,21,22). The fraction of sp³-hybridized carbons (Fsp3) is 0.263. The van der Waals surface area contributed by atoms with Gasteiger partial charge in [0.1, 0.15) is 16.4 Å². The fourth-order valence-electron chi connectivity index (χ4n) is 2.92. The number of carbonyl (C=O) groups is 2. The first kappa shape index (κ1) is 20.2. The van der Waals surface area contributed by atoms with E-state index >= 15 is 0 Å². The molecule has 0 unspecified atom stereocenters. The summed E-state index contributed by atoms with van der Waals surface area (Å²) in [6.07, 6.45) is 0.268. The maximum absolute atomic E-state index is 13.0. The van der Waals surface area contributed by atoms with Crippen LogP contribution in [0.2, 0.25) is 5.02 Å². The van der Waals surface area contributed by atoms with Crippen LogP contribution < -0.4 is 10.1 Å². The second kappa shape index (κ2) is 7.44. The van der Waals surface area contributed by atoms with E-state index in [1.54, 1.807) is 13.8 Å². The van der Waals surface area contributed by atoms with Crippen LogP contribution >= 0.6 is 11.6 Å². The Morgan fingerprint density at radius 2 is 1.93 bits per heavy atom. The van der Waals surface area contributed by atoms with Crippen molar-refractivity contribution in [3.8, 4) is 11.5 Å². The van der Waals surface area contributed by atoms with E-state index in [-0.39, 0.29) is 39.3 Å². The number of hydrogen-bond acceptors (Lipinski definition) is 6. The van der Waals surface area contributed by atoms with Gasteiger partial charge in [0, 0.05) is 17.7 Å². The first-order chi connectivity index (χ1) is 13.2. The molecule has 0 radical (unpaired) electrons. The van der Waals surface area contributed by atoms with Gasteiger partial charge in [-0.2, -0.15) is 0 Å². The van der Waals surface area contributed by atoms with Gasteiger partial charge in [0.05, 0.1) is 23.4 Å². The third kappa shape index (κ3) is 3.70. The summed E-state index contributed by atoms with van der Waals surface area (Å²) < 4.78 is 36.6. The molecule has 1 aliphatic rings. The quantitative estimate of drug-likeness (QED) is 0.752. The lowest BCUT2D eigenvalue weighted by Crippen LogP contribution is -2.10. The SMILES string of the molecule is CCC(=O)Nc1cc(Cl)c2c(c1)CS(=O)(=O)c1cc(C(=O)OC)cc(C)c1O2. The predicted octanol–water partition coefficient (Wildman–Crippen LogP) is 3.86. The topological polar surface area (TPSA) is 98.8 Å². The molecule has 1 N–H and O–H groups in total. The van der Waals surface area contributed by atoms with Gasteiger partial charge in [-0.1, -0.05) is 18.5 Å². The van der Waals surface area contributed by atoms with Crippen molar-refractivity contribution in [1.29, 1.82) is 0 Å². The van der Waals surface area contributed by atoms with Crippen molar-refractivity contribution in [2.45, 2.75) is 30.9 Å². The Hall–Kier alpha value is -2.58. The zero-order valence-electron chi connectivity index (χ0n) is 15.5.